The minimum atomic E-state index is -3.91. The van der Waals surface area contributed by atoms with E-state index in [4.69, 9.17) is 16.7 Å². The molecule has 4 aromatic rings. The highest BCUT2D eigenvalue weighted by Crippen LogP contribution is 2.54. The number of hydrogen-bond acceptors (Lipinski definition) is 9. The van der Waals surface area contributed by atoms with Gasteiger partial charge in [-0.15, -0.1) is 0 Å². The Hall–Kier alpha value is -3.95. The second-order valence-electron chi connectivity index (χ2n) is 9.86. The summed E-state index contributed by atoms with van der Waals surface area (Å²) in [5.74, 6) is -2.97. The van der Waals surface area contributed by atoms with Gasteiger partial charge in [-0.2, -0.15) is 0 Å². The van der Waals surface area contributed by atoms with Crippen molar-refractivity contribution in [3.8, 4) is 5.75 Å². The van der Waals surface area contributed by atoms with Crippen molar-refractivity contribution in [3.05, 3.63) is 97.9 Å². The van der Waals surface area contributed by atoms with E-state index in [1.165, 1.54) is 41.0 Å². The number of nitrogens with two attached hydrogens (primary N) is 1. The van der Waals surface area contributed by atoms with Crippen LogP contribution in [0.15, 0.2) is 87.5 Å². The van der Waals surface area contributed by atoms with Gasteiger partial charge in [-0.1, -0.05) is 46.8 Å². The molecular weight excluding hydrogens is 636 g/mol. The average molecular weight is 657 g/mol. The van der Waals surface area contributed by atoms with Gasteiger partial charge in [-0.25, -0.2) is 18.5 Å². The number of aromatic nitrogens is 1. The number of phenols is 1. The van der Waals surface area contributed by atoms with Gasteiger partial charge in [0.15, 0.2) is 0 Å². The number of thioether (sulfide) groups is 1. The maximum atomic E-state index is 13.9. The molecule has 0 radical (unpaired) electrons. The number of carbonyl (C=O) groups is 3. The van der Waals surface area contributed by atoms with E-state index < -0.39 is 56.2 Å². The van der Waals surface area contributed by atoms with Crippen LogP contribution in [0.1, 0.15) is 16.4 Å². The van der Waals surface area contributed by atoms with Crippen molar-refractivity contribution in [1.29, 1.82) is 0 Å². The van der Waals surface area contributed by atoms with Crippen LogP contribution in [0, 0.1) is 5.92 Å². The first kappa shape index (κ1) is 29.1. The number of amides is 3. The zero-order chi connectivity index (χ0) is 30.6. The highest BCUT2D eigenvalue weighted by molar-refractivity contribution is 8.00. The molecular formula is C28H21ClN4O7S3. The zero-order valence-corrected chi connectivity index (χ0v) is 25.0. The van der Waals surface area contributed by atoms with E-state index in [1.807, 2.05) is 0 Å². The first-order valence-electron chi connectivity index (χ1n) is 12.7. The van der Waals surface area contributed by atoms with Crippen molar-refractivity contribution in [1.82, 2.24) is 4.57 Å². The number of nitrogens with zero attached hydrogens (tertiary/aromatic N) is 2. The van der Waals surface area contributed by atoms with E-state index >= 15 is 0 Å². The fraction of sp³-hybridized carbons (Fsp3) is 0.143. The first-order chi connectivity index (χ1) is 20.4. The summed E-state index contributed by atoms with van der Waals surface area (Å²) in [6, 6.07) is 17.8. The third-order valence-electron chi connectivity index (χ3n) is 7.15. The van der Waals surface area contributed by atoms with Gasteiger partial charge in [0, 0.05) is 21.5 Å². The molecule has 3 aromatic carbocycles. The molecule has 1 aromatic heterocycles. The quantitative estimate of drug-likeness (QED) is 0.266. The summed E-state index contributed by atoms with van der Waals surface area (Å²) in [5, 5.41) is 17.6. The average Bonchev–Trinajstić information content (AvgIpc) is 3.40. The molecule has 220 valence electrons. The van der Waals surface area contributed by atoms with Crippen molar-refractivity contribution >= 4 is 73.8 Å². The Kier molecular flexibility index (Phi) is 7.42. The number of carbonyl (C=O) groups excluding carboxylic acids is 3. The minimum absolute atomic E-state index is 0.0156. The van der Waals surface area contributed by atoms with Crippen LogP contribution in [0.5, 0.6) is 5.75 Å². The second-order valence-corrected chi connectivity index (χ2v) is 14.0. The molecule has 2 aliphatic rings. The Labute approximate surface area is 257 Å². The molecule has 11 nitrogen and oxygen atoms in total. The third-order valence-corrected chi connectivity index (χ3v) is 10.9. The van der Waals surface area contributed by atoms with Crippen LogP contribution in [0.25, 0.3) is 0 Å². The van der Waals surface area contributed by atoms with Crippen LogP contribution in [-0.2, 0) is 31.0 Å². The standard InChI is InChI=1S/C28H21ClN4O7S3/c29-15-3-7-17(8-4-15)33-25(36)22-21(14-1-9-18(34)10-2-14)24-27(41-23(22)26(33)37)32(28(38)42-24)13-20(35)31-16-5-11-19(12-6-16)43(30,39)40/h1-12,21-23,34H,13H2,(H,31,35)(H2,30,39,40)/t21-,22?,23?/m0/s1. The molecule has 6 rings (SSSR count). The summed E-state index contributed by atoms with van der Waals surface area (Å²) in [5.41, 5.74) is 1.29. The van der Waals surface area contributed by atoms with Crippen LogP contribution in [0.4, 0.5) is 11.4 Å². The number of aromatic hydroxyl groups is 1. The largest absolute Gasteiger partial charge is 0.508 e. The summed E-state index contributed by atoms with van der Waals surface area (Å²) in [6.45, 7) is -0.392. The maximum Gasteiger partial charge on any atom is 0.308 e. The molecule has 0 spiro atoms. The number of sulfonamides is 1. The third kappa shape index (κ3) is 5.36. The molecule has 1 fully saturated rings. The fourth-order valence-electron chi connectivity index (χ4n) is 5.21. The number of thiazole rings is 1. The van der Waals surface area contributed by atoms with Crippen molar-refractivity contribution in [2.45, 2.75) is 27.6 Å². The molecule has 0 aliphatic carbocycles. The van der Waals surface area contributed by atoms with Gasteiger partial charge in [-0.05, 0) is 66.2 Å². The van der Waals surface area contributed by atoms with Gasteiger partial charge in [0.05, 0.1) is 21.5 Å². The summed E-state index contributed by atoms with van der Waals surface area (Å²) in [7, 11) is -3.91. The van der Waals surface area contributed by atoms with E-state index in [9.17, 15) is 32.7 Å². The number of benzene rings is 3. The number of halogens is 1. The van der Waals surface area contributed by atoms with E-state index in [0.29, 0.717) is 31.9 Å². The van der Waals surface area contributed by atoms with Crippen LogP contribution >= 0.6 is 34.7 Å². The molecule has 2 aliphatic heterocycles. The topological polar surface area (TPSA) is 169 Å². The molecule has 15 heteroatoms. The molecule has 2 unspecified atom stereocenters. The Morgan fingerprint density at radius 3 is 2.23 bits per heavy atom. The first-order valence-corrected chi connectivity index (χ1v) is 16.3. The second kappa shape index (κ2) is 11.0. The predicted molar refractivity (Wildman–Crippen MR) is 162 cm³/mol. The van der Waals surface area contributed by atoms with Gasteiger partial charge in [-0.3, -0.25) is 23.7 Å². The van der Waals surface area contributed by atoms with E-state index in [-0.39, 0.29) is 10.6 Å². The SMILES string of the molecule is NS(=O)(=O)c1ccc(NC(=O)Cn2c3c(sc2=O)[C@@H](c2ccc(O)cc2)C2C(=O)N(c4ccc(Cl)cc4)C(=O)C2S3)cc1. The molecule has 0 saturated carbocycles. The number of phenolic OH excluding ortho intramolecular Hbond substituents is 1. The molecule has 4 N–H and O–H groups in total. The number of nitrogens with one attached hydrogen (secondary N) is 1. The smallest absolute Gasteiger partial charge is 0.308 e. The predicted octanol–water partition coefficient (Wildman–Crippen LogP) is 3.35. The highest BCUT2D eigenvalue weighted by Gasteiger charge is 2.56. The molecule has 43 heavy (non-hydrogen) atoms. The van der Waals surface area contributed by atoms with Crippen molar-refractivity contribution in [2.24, 2.45) is 11.1 Å². The lowest BCUT2D eigenvalue weighted by Crippen LogP contribution is -2.33. The lowest BCUT2D eigenvalue weighted by molar-refractivity contribution is -0.122. The van der Waals surface area contributed by atoms with Crippen molar-refractivity contribution in [2.75, 3.05) is 10.2 Å². The van der Waals surface area contributed by atoms with Gasteiger partial charge in [0.2, 0.25) is 27.7 Å². The number of primary sulfonamides is 1. The lowest BCUT2D eigenvalue weighted by atomic mass is 9.83. The summed E-state index contributed by atoms with van der Waals surface area (Å²) in [6.07, 6.45) is 0. The number of hydrogen-bond donors (Lipinski definition) is 3. The van der Waals surface area contributed by atoms with Crippen molar-refractivity contribution < 1.29 is 27.9 Å². The minimum Gasteiger partial charge on any atom is -0.508 e. The summed E-state index contributed by atoms with van der Waals surface area (Å²) >= 11 is 7.98. The fourth-order valence-corrected chi connectivity index (χ4v) is 8.63. The Bertz CT molecular complexity index is 1940. The Morgan fingerprint density at radius 2 is 1.60 bits per heavy atom. The number of rotatable bonds is 6. The van der Waals surface area contributed by atoms with Crippen molar-refractivity contribution in [3.63, 3.8) is 0 Å². The van der Waals surface area contributed by atoms with Gasteiger partial charge >= 0.3 is 4.87 Å². The van der Waals surface area contributed by atoms with Crippen LogP contribution < -0.4 is 20.2 Å². The van der Waals surface area contributed by atoms with Gasteiger partial charge < -0.3 is 10.4 Å². The summed E-state index contributed by atoms with van der Waals surface area (Å²) in [4.78, 5) is 55.0. The lowest BCUT2D eigenvalue weighted by Gasteiger charge is -2.30. The Balaban J connectivity index is 1.36. The summed E-state index contributed by atoms with van der Waals surface area (Å²) < 4.78 is 24.3. The Morgan fingerprint density at radius 1 is 0.953 bits per heavy atom. The van der Waals surface area contributed by atoms with Gasteiger partial charge in [0.25, 0.3) is 0 Å². The van der Waals surface area contributed by atoms with E-state index in [2.05, 4.69) is 5.32 Å². The molecule has 3 amide bonds. The van der Waals surface area contributed by atoms with E-state index in [1.54, 1.807) is 36.4 Å². The number of anilines is 2. The number of imide groups is 1. The molecule has 1 saturated heterocycles. The molecule has 3 atom stereocenters. The normalized spacial score (nSPS) is 19.7. The molecule has 0 bridgehead atoms. The van der Waals surface area contributed by atoms with Crippen LogP contribution in [0.2, 0.25) is 5.02 Å². The monoisotopic (exact) mass is 656 g/mol. The van der Waals surface area contributed by atoms with Crippen LogP contribution in [-0.4, -0.2) is 41.1 Å². The number of fused-ring (bicyclic) bond motifs is 2. The zero-order valence-electron chi connectivity index (χ0n) is 21.8. The van der Waals surface area contributed by atoms with E-state index in [0.717, 1.165) is 28.0 Å². The maximum absolute atomic E-state index is 13.9. The van der Waals surface area contributed by atoms with Gasteiger partial charge in [0.1, 0.15) is 17.5 Å². The van der Waals surface area contributed by atoms with Crippen LogP contribution in [0.3, 0.4) is 0 Å². The highest BCUT2D eigenvalue weighted by atomic mass is 35.5. The molecule has 3 heterocycles.